The van der Waals surface area contributed by atoms with Crippen LogP contribution in [0.4, 0.5) is 10.8 Å². The summed E-state index contributed by atoms with van der Waals surface area (Å²) >= 11 is 1.23. The lowest BCUT2D eigenvalue weighted by Crippen LogP contribution is -2.49. The number of hydrogen-bond donors (Lipinski definition) is 1. The van der Waals surface area contributed by atoms with Crippen LogP contribution in [0.15, 0.2) is 71.1 Å². The minimum Gasteiger partial charge on any atom is -0.368 e. The number of carbonyl (C=O) groups is 1. The van der Waals surface area contributed by atoms with Crippen molar-refractivity contribution in [3.05, 3.63) is 71.9 Å². The molecule has 0 spiro atoms. The number of thiazole rings is 1. The van der Waals surface area contributed by atoms with Crippen molar-refractivity contribution in [2.75, 3.05) is 35.8 Å². The van der Waals surface area contributed by atoms with Crippen molar-refractivity contribution in [2.24, 2.45) is 0 Å². The number of aromatic nitrogens is 2. The van der Waals surface area contributed by atoms with E-state index in [4.69, 9.17) is 0 Å². The lowest BCUT2D eigenvalue weighted by Gasteiger charge is -2.36. The number of anilines is 2. The Labute approximate surface area is 204 Å². The van der Waals surface area contributed by atoms with Crippen LogP contribution < -0.4 is 9.62 Å². The molecular formula is C24H27N5O3S2. The van der Waals surface area contributed by atoms with Crippen molar-refractivity contribution in [1.29, 1.82) is 0 Å². The van der Waals surface area contributed by atoms with Crippen LogP contribution in [-0.4, -0.2) is 55.0 Å². The van der Waals surface area contributed by atoms with E-state index in [2.05, 4.69) is 31.3 Å². The van der Waals surface area contributed by atoms with Gasteiger partial charge in [0.15, 0.2) is 5.13 Å². The minimum atomic E-state index is -3.67. The molecule has 3 heterocycles. The molecule has 0 radical (unpaired) electrons. The van der Waals surface area contributed by atoms with Gasteiger partial charge in [-0.25, -0.2) is 13.4 Å². The smallest absolute Gasteiger partial charge is 0.263 e. The van der Waals surface area contributed by atoms with Crippen LogP contribution in [0.5, 0.6) is 0 Å². The number of para-hydroxylation sites is 1. The maximum Gasteiger partial charge on any atom is 0.263 e. The van der Waals surface area contributed by atoms with Gasteiger partial charge in [-0.3, -0.25) is 9.52 Å². The third kappa shape index (κ3) is 4.51. The van der Waals surface area contributed by atoms with E-state index in [1.54, 1.807) is 23.7 Å². The fourth-order valence-corrected chi connectivity index (χ4v) is 6.08. The monoisotopic (exact) mass is 497 g/mol. The van der Waals surface area contributed by atoms with E-state index in [1.807, 2.05) is 42.2 Å². The number of aryl methyl sites for hydroxylation is 1. The molecule has 8 nitrogen and oxygen atoms in total. The Morgan fingerprint density at radius 1 is 1.09 bits per heavy atom. The predicted molar refractivity (Wildman–Crippen MR) is 137 cm³/mol. The number of amides is 1. The van der Waals surface area contributed by atoms with Crippen molar-refractivity contribution in [3.63, 3.8) is 0 Å². The summed E-state index contributed by atoms with van der Waals surface area (Å²) in [4.78, 5) is 21.2. The Morgan fingerprint density at radius 3 is 2.53 bits per heavy atom. The molecule has 34 heavy (non-hydrogen) atoms. The van der Waals surface area contributed by atoms with Crippen LogP contribution in [0, 0.1) is 6.92 Å². The molecule has 10 heteroatoms. The topological polar surface area (TPSA) is 87.5 Å². The maximum atomic E-state index is 13.0. The Bertz CT molecular complexity index is 1410. The summed E-state index contributed by atoms with van der Waals surface area (Å²) in [6.07, 6.45) is 1.55. The molecule has 0 atom stereocenters. The SMILES string of the molecule is Cc1cc2ccccc2n1CC(=O)N1CCN(c2ccc(S(=O)(=O)Nc3nccs3)cc2)CC1.[HH]. The quantitative estimate of drug-likeness (QED) is 0.438. The first-order chi connectivity index (χ1) is 16.4. The molecule has 0 unspecified atom stereocenters. The van der Waals surface area contributed by atoms with Gasteiger partial charge in [-0.15, -0.1) is 11.3 Å². The molecule has 0 saturated carbocycles. The van der Waals surface area contributed by atoms with Gasteiger partial charge in [0.1, 0.15) is 6.54 Å². The third-order valence-electron chi connectivity index (χ3n) is 6.11. The fraction of sp³-hybridized carbons (Fsp3) is 0.250. The molecule has 1 N–H and O–H groups in total. The molecular weight excluding hydrogens is 470 g/mol. The summed E-state index contributed by atoms with van der Waals surface area (Å²) in [6.45, 7) is 5.01. The van der Waals surface area contributed by atoms with Crippen molar-refractivity contribution >= 4 is 49.0 Å². The second kappa shape index (κ2) is 9.11. The maximum absolute atomic E-state index is 13.0. The van der Waals surface area contributed by atoms with Crippen molar-refractivity contribution in [1.82, 2.24) is 14.5 Å². The largest absolute Gasteiger partial charge is 0.368 e. The summed E-state index contributed by atoms with van der Waals surface area (Å²) in [5, 5.41) is 3.20. The van der Waals surface area contributed by atoms with Gasteiger partial charge in [-0.1, -0.05) is 18.2 Å². The van der Waals surface area contributed by atoms with Crippen molar-refractivity contribution in [3.8, 4) is 0 Å². The molecule has 1 aliphatic heterocycles. The van der Waals surface area contributed by atoms with Crippen LogP contribution in [0.3, 0.4) is 0 Å². The van der Waals surface area contributed by atoms with E-state index in [0.717, 1.165) is 22.3 Å². The highest BCUT2D eigenvalue weighted by Gasteiger charge is 2.23. The Morgan fingerprint density at radius 2 is 1.82 bits per heavy atom. The van der Waals surface area contributed by atoms with Gasteiger partial charge in [0, 0.05) is 56.1 Å². The highest BCUT2D eigenvalue weighted by Crippen LogP contribution is 2.23. The van der Waals surface area contributed by atoms with Crippen LogP contribution in [0.1, 0.15) is 7.12 Å². The van der Waals surface area contributed by atoms with Crippen LogP contribution in [-0.2, 0) is 21.4 Å². The first-order valence-electron chi connectivity index (χ1n) is 11.0. The number of carbonyl (C=O) groups excluding carboxylic acids is 1. The molecule has 4 aromatic rings. The first-order valence-corrected chi connectivity index (χ1v) is 13.4. The number of fused-ring (bicyclic) bond motifs is 1. The van der Waals surface area contributed by atoms with Gasteiger partial charge < -0.3 is 14.4 Å². The van der Waals surface area contributed by atoms with Gasteiger partial charge >= 0.3 is 0 Å². The number of piperazine rings is 1. The van der Waals surface area contributed by atoms with E-state index in [9.17, 15) is 13.2 Å². The summed E-state index contributed by atoms with van der Waals surface area (Å²) in [7, 11) is -3.67. The molecule has 1 fully saturated rings. The lowest BCUT2D eigenvalue weighted by atomic mass is 10.2. The molecule has 2 aromatic carbocycles. The molecule has 1 amide bonds. The predicted octanol–water partition coefficient (Wildman–Crippen LogP) is 3.80. The second-order valence-corrected chi connectivity index (χ2v) is 10.8. The highest BCUT2D eigenvalue weighted by atomic mass is 32.2. The summed E-state index contributed by atoms with van der Waals surface area (Å²) < 4.78 is 29.6. The number of rotatable bonds is 6. The van der Waals surface area contributed by atoms with E-state index < -0.39 is 10.0 Å². The zero-order chi connectivity index (χ0) is 23.7. The number of nitrogens with zero attached hydrogens (tertiary/aromatic N) is 4. The average Bonchev–Trinajstić information content (AvgIpc) is 3.46. The van der Waals surface area contributed by atoms with Crippen LogP contribution in [0.25, 0.3) is 10.9 Å². The van der Waals surface area contributed by atoms with Gasteiger partial charge in [-0.05, 0) is 48.7 Å². The van der Waals surface area contributed by atoms with Gasteiger partial charge in [0.2, 0.25) is 5.91 Å². The zero-order valence-electron chi connectivity index (χ0n) is 18.7. The standard InChI is InChI=1S/C24H25N5O3S2.H2/c1-18-16-19-4-2-3-5-22(19)29(18)17-23(30)28-13-11-27(12-14-28)20-6-8-21(9-7-20)34(31,32)26-24-25-10-15-33-24;/h2-10,15-16H,11-14,17H2,1H3,(H,25,26);1H. The Kier molecular flexibility index (Phi) is 6.01. The zero-order valence-corrected chi connectivity index (χ0v) is 20.3. The number of hydrogen-bond acceptors (Lipinski definition) is 6. The molecule has 0 bridgehead atoms. The van der Waals surface area contributed by atoms with Gasteiger partial charge in [0.05, 0.1) is 4.90 Å². The number of benzene rings is 2. The average molecular weight is 498 g/mol. The van der Waals surface area contributed by atoms with E-state index in [0.29, 0.717) is 37.9 Å². The molecule has 178 valence electrons. The summed E-state index contributed by atoms with van der Waals surface area (Å²) in [6, 6.07) is 17.0. The highest BCUT2D eigenvalue weighted by molar-refractivity contribution is 7.93. The first kappa shape index (κ1) is 22.4. The van der Waals surface area contributed by atoms with Crippen molar-refractivity contribution < 1.29 is 14.6 Å². The lowest BCUT2D eigenvalue weighted by molar-refractivity contribution is -0.132. The number of sulfonamides is 1. The molecule has 1 aliphatic rings. The van der Waals surface area contributed by atoms with Gasteiger partial charge in [0.25, 0.3) is 10.0 Å². The molecule has 1 saturated heterocycles. The third-order valence-corrected chi connectivity index (χ3v) is 8.28. The normalized spacial score (nSPS) is 14.5. The molecule has 2 aromatic heterocycles. The Balaban J connectivity index is 0.00000289. The van der Waals surface area contributed by atoms with E-state index >= 15 is 0 Å². The summed E-state index contributed by atoms with van der Waals surface area (Å²) in [5.74, 6) is 0.110. The van der Waals surface area contributed by atoms with Crippen LogP contribution >= 0.6 is 11.3 Å². The number of nitrogens with one attached hydrogen (secondary N) is 1. The Hall–Kier alpha value is -3.37. The summed E-state index contributed by atoms with van der Waals surface area (Å²) in [5.41, 5.74) is 3.09. The van der Waals surface area contributed by atoms with Crippen molar-refractivity contribution in [2.45, 2.75) is 18.4 Å². The van der Waals surface area contributed by atoms with Crippen LogP contribution in [0.2, 0.25) is 0 Å². The molecule has 0 aliphatic carbocycles. The fourth-order valence-electron chi connectivity index (χ4n) is 4.29. The van der Waals surface area contributed by atoms with E-state index in [1.165, 1.54) is 11.3 Å². The molecule has 5 rings (SSSR count). The second-order valence-electron chi connectivity index (χ2n) is 8.24. The van der Waals surface area contributed by atoms with E-state index in [-0.39, 0.29) is 12.2 Å². The minimum absolute atomic E-state index is 0. The van der Waals surface area contributed by atoms with Gasteiger partial charge in [-0.2, -0.15) is 0 Å².